The van der Waals surface area contributed by atoms with Gasteiger partial charge in [-0.15, -0.1) is 0 Å². The van der Waals surface area contributed by atoms with Gasteiger partial charge in [0.25, 0.3) is 5.91 Å². The Bertz CT molecular complexity index is 662. The van der Waals surface area contributed by atoms with Gasteiger partial charge in [0, 0.05) is 12.6 Å². The summed E-state index contributed by atoms with van der Waals surface area (Å²) >= 11 is 0. The van der Waals surface area contributed by atoms with Gasteiger partial charge in [0.15, 0.2) is 0 Å². The van der Waals surface area contributed by atoms with Gasteiger partial charge in [-0.2, -0.15) is 5.10 Å². The van der Waals surface area contributed by atoms with Crippen LogP contribution in [-0.4, -0.2) is 44.7 Å². The Morgan fingerprint density at radius 3 is 2.43 bits per heavy atom. The number of carboxylic acids is 1. The molecular weight excluding hydrogens is 270 g/mol. The van der Waals surface area contributed by atoms with Crippen LogP contribution in [0.25, 0.3) is 11.3 Å². The first-order valence-electron chi connectivity index (χ1n) is 6.46. The quantitative estimate of drug-likeness (QED) is 0.900. The zero-order chi connectivity index (χ0) is 15.6. The summed E-state index contributed by atoms with van der Waals surface area (Å²) in [4.78, 5) is 25.0. The molecule has 0 radical (unpaired) electrons. The Hall–Kier alpha value is -2.63. The lowest BCUT2D eigenvalue weighted by molar-refractivity contribution is -0.147. The van der Waals surface area contributed by atoms with Crippen LogP contribution < -0.4 is 0 Å². The monoisotopic (exact) mass is 287 g/mol. The highest BCUT2D eigenvalue weighted by atomic mass is 16.4. The molecule has 0 spiro atoms. The largest absolute Gasteiger partial charge is 0.480 e. The third-order valence-corrected chi connectivity index (χ3v) is 3.60. The van der Waals surface area contributed by atoms with Crippen molar-refractivity contribution in [2.45, 2.75) is 19.4 Å². The number of likely N-dealkylation sites (N-methyl/N-ethyl adjacent to an activating group) is 1. The number of carbonyl (C=O) groups excluding carboxylic acids is 1. The molecule has 0 saturated heterocycles. The summed E-state index contributed by atoms with van der Waals surface area (Å²) in [7, 11) is 1.47. The predicted molar refractivity (Wildman–Crippen MR) is 77.8 cm³/mol. The molecule has 110 valence electrons. The second-order valence-electron chi connectivity index (χ2n) is 5.25. The van der Waals surface area contributed by atoms with E-state index in [1.165, 1.54) is 32.0 Å². The Labute approximate surface area is 122 Å². The van der Waals surface area contributed by atoms with Crippen LogP contribution >= 0.6 is 0 Å². The second-order valence-corrected chi connectivity index (χ2v) is 5.25. The molecule has 1 aromatic heterocycles. The van der Waals surface area contributed by atoms with Crippen molar-refractivity contribution in [3.63, 3.8) is 0 Å². The van der Waals surface area contributed by atoms with Gasteiger partial charge < -0.3 is 10.0 Å². The van der Waals surface area contributed by atoms with Gasteiger partial charge in [0.05, 0.1) is 17.5 Å². The van der Waals surface area contributed by atoms with Crippen molar-refractivity contribution >= 4 is 11.9 Å². The molecule has 0 fully saturated rings. The van der Waals surface area contributed by atoms with E-state index in [1.807, 2.05) is 30.3 Å². The minimum absolute atomic E-state index is 0.345. The molecule has 2 rings (SSSR count). The van der Waals surface area contributed by atoms with Crippen molar-refractivity contribution in [3.8, 4) is 11.3 Å². The van der Waals surface area contributed by atoms with Gasteiger partial charge in [-0.1, -0.05) is 30.3 Å². The van der Waals surface area contributed by atoms with Crippen LogP contribution in [-0.2, 0) is 4.79 Å². The molecule has 21 heavy (non-hydrogen) atoms. The van der Waals surface area contributed by atoms with E-state index in [0.29, 0.717) is 11.3 Å². The van der Waals surface area contributed by atoms with E-state index in [9.17, 15) is 14.7 Å². The molecular formula is C15H17N3O3. The van der Waals surface area contributed by atoms with E-state index in [1.54, 1.807) is 0 Å². The highest BCUT2D eigenvalue weighted by Gasteiger charge is 2.36. The summed E-state index contributed by atoms with van der Waals surface area (Å²) in [5, 5.41) is 15.9. The number of hydrogen-bond acceptors (Lipinski definition) is 3. The summed E-state index contributed by atoms with van der Waals surface area (Å²) in [5.74, 6) is -1.46. The molecule has 0 unspecified atom stereocenters. The number of amides is 1. The molecule has 1 heterocycles. The molecule has 1 aromatic carbocycles. The molecule has 0 aliphatic rings. The number of carboxylic acid groups (broad SMARTS) is 1. The molecule has 0 aliphatic heterocycles. The summed E-state index contributed by atoms with van der Waals surface area (Å²) in [6.45, 7) is 2.96. The fourth-order valence-corrected chi connectivity index (χ4v) is 1.85. The Kier molecular flexibility index (Phi) is 3.80. The number of aromatic amines is 1. The van der Waals surface area contributed by atoms with Gasteiger partial charge >= 0.3 is 5.97 Å². The lowest BCUT2D eigenvalue weighted by Crippen LogP contribution is -2.50. The van der Waals surface area contributed by atoms with Crippen LogP contribution in [0.5, 0.6) is 0 Å². The van der Waals surface area contributed by atoms with Crippen molar-refractivity contribution in [1.82, 2.24) is 15.1 Å². The second kappa shape index (κ2) is 5.40. The van der Waals surface area contributed by atoms with Gasteiger partial charge in [-0.25, -0.2) is 4.79 Å². The van der Waals surface area contributed by atoms with E-state index in [-0.39, 0.29) is 0 Å². The number of rotatable bonds is 4. The number of benzene rings is 1. The summed E-state index contributed by atoms with van der Waals surface area (Å²) in [6.07, 6.45) is 1.42. The number of carbonyl (C=O) groups is 2. The van der Waals surface area contributed by atoms with Crippen LogP contribution in [0, 0.1) is 0 Å². The van der Waals surface area contributed by atoms with Gasteiger partial charge in [0.1, 0.15) is 5.54 Å². The van der Waals surface area contributed by atoms with Gasteiger partial charge in [-0.05, 0) is 13.8 Å². The van der Waals surface area contributed by atoms with E-state index >= 15 is 0 Å². The van der Waals surface area contributed by atoms with Crippen LogP contribution in [0.4, 0.5) is 0 Å². The number of nitrogens with one attached hydrogen (secondary N) is 1. The molecule has 2 N–H and O–H groups in total. The number of H-pyrrole nitrogens is 1. The van der Waals surface area contributed by atoms with Gasteiger partial charge in [0.2, 0.25) is 0 Å². The van der Waals surface area contributed by atoms with Crippen molar-refractivity contribution in [1.29, 1.82) is 0 Å². The van der Waals surface area contributed by atoms with E-state index in [4.69, 9.17) is 0 Å². The van der Waals surface area contributed by atoms with E-state index in [0.717, 1.165) is 5.56 Å². The van der Waals surface area contributed by atoms with Crippen LogP contribution in [0.1, 0.15) is 24.2 Å². The van der Waals surface area contributed by atoms with Crippen LogP contribution in [0.2, 0.25) is 0 Å². The topological polar surface area (TPSA) is 86.3 Å². The maximum Gasteiger partial charge on any atom is 0.329 e. The first-order valence-corrected chi connectivity index (χ1v) is 6.46. The molecule has 1 amide bonds. The third kappa shape index (κ3) is 2.65. The van der Waals surface area contributed by atoms with Crippen molar-refractivity contribution in [2.24, 2.45) is 0 Å². The normalized spacial score (nSPS) is 11.2. The van der Waals surface area contributed by atoms with E-state index < -0.39 is 17.4 Å². The SMILES string of the molecule is CN(C(=O)c1cn[nH]c1-c1ccccc1)C(C)(C)C(=O)O. The lowest BCUT2D eigenvalue weighted by Gasteiger charge is -2.31. The standard InChI is InChI=1S/C15H17N3O3/c1-15(2,14(20)21)18(3)13(19)11-9-16-17-12(11)10-7-5-4-6-8-10/h4-9H,1-3H3,(H,16,17)(H,20,21). The highest BCUT2D eigenvalue weighted by molar-refractivity contribution is 6.01. The molecule has 0 atom stereocenters. The van der Waals surface area contributed by atoms with Gasteiger partial charge in [-0.3, -0.25) is 9.89 Å². The minimum atomic E-state index is -1.30. The zero-order valence-electron chi connectivity index (χ0n) is 12.1. The third-order valence-electron chi connectivity index (χ3n) is 3.60. The van der Waals surface area contributed by atoms with Crippen molar-refractivity contribution in [3.05, 3.63) is 42.1 Å². The average molecular weight is 287 g/mol. The lowest BCUT2D eigenvalue weighted by atomic mass is 10.0. The molecule has 0 bridgehead atoms. The maximum absolute atomic E-state index is 12.6. The maximum atomic E-state index is 12.6. The Balaban J connectivity index is 2.38. The van der Waals surface area contributed by atoms with Crippen molar-refractivity contribution < 1.29 is 14.7 Å². The van der Waals surface area contributed by atoms with Crippen LogP contribution in [0.3, 0.4) is 0 Å². The smallest absolute Gasteiger partial charge is 0.329 e. The fraction of sp³-hybridized carbons (Fsp3) is 0.267. The number of hydrogen-bond donors (Lipinski definition) is 2. The summed E-state index contributed by atoms with van der Waals surface area (Å²) < 4.78 is 0. The Morgan fingerprint density at radius 2 is 1.86 bits per heavy atom. The van der Waals surface area contributed by atoms with Crippen LogP contribution in [0.15, 0.2) is 36.5 Å². The minimum Gasteiger partial charge on any atom is -0.480 e. The number of aromatic nitrogens is 2. The highest BCUT2D eigenvalue weighted by Crippen LogP contribution is 2.24. The molecule has 6 heteroatoms. The predicted octanol–water partition coefficient (Wildman–Crippen LogP) is 2.01. The Morgan fingerprint density at radius 1 is 1.24 bits per heavy atom. The number of aliphatic carboxylic acids is 1. The number of nitrogens with zero attached hydrogens (tertiary/aromatic N) is 2. The first kappa shape index (κ1) is 14.8. The first-order chi connectivity index (χ1) is 9.85. The zero-order valence-corrected chi connectivity index (χ0v) is 12.1. The molecule has 0 saturated carbocycles. The molecule has 2 aromatic rings. The summed E-state index contributed by atoms with van der Waals surface area (Å²) in [5.41, 5.74) is 0.439. The average Bonchev–Trinajstić information content (AvgIpc) is 2.95. The van der Waals surface area contributed by atoms with Crippen molar-refractivity contribution in [2.75, 3.05) is 7.05 Å². The summed E-state index contributed by atoms with van der Waals surface area (Å²) in [6, 6.07) is 9.30. The fourth-order valence-electron chi connectivity index (χ4n) is 1.85. The van der Waals surface area contributed by atoms with E-state index in [2.05, 4.69) is 10.2 Å². The molecule has 6 nitrogen and oxygen atoms in total. The molecule has 0 aliphatic carbocycles.